The molecule has 0 bridgehead atoms. The number of esters is 1. The Morgan fingerprint density at radius 3 is 2.89 bits per heavy atom. The molecule has 2 atom stereocenters. The molecule has 0 aliphatic rings. The van der Waals surface area contributed by atoms with E-state index in [1.807, 2.05) is 0 Å². The fourth-order valence-corrected chi connectivity index (χ4v) is 1.89. The van der Waals surface area contributed by atoms with Gasteiger partial charge in [-0.1, -0.05) is 28.1 Å². The van der Waals surface area contributed by atoms with Crippen molar-refractivity contribution in [3.63, 3.8) is 0 Å². The predicted octanol–water partition coefficient (Wildman–Crippen LogP) is 1.16. The molecular formula is C12H14BrNO4. The van der Waals surface area contributed by atoms with Crippen LogP contribution in [0.5, 0.6) is 0 Å². The minimum Gasteiger partial charge on any atom is -0.464 e. The van der Waals surface area contributed by atoms with Crippen molar-refractivity contribution in [3.05, 3.63) is 34.3 Å². The molecule has 0 aliphatic carbocycles. The summed E-state index contributed by atoms with van der Waals surface area (Å²) < 4.78 is 5.57. The topological polar surface area (TPSA) is 75.6 Å². The first-order valence-corrected chi connectivity index (χ1v) is 6.19. The molecule has 5 nitrogen and oxygen atoms in total. The van der Waals surface area contributed by atoms with Crippen LogP contribution >= 0.6 is 15.9 Å². The molecule has 1 aromatic carbocycles. The summed E-state index contributed by atoms with van der Waals surface area (Å²) in [6, 6.07) is 5.74. The molecule has 6 heteroatoms. The minimum absolute atomic E-state index is 0.182. The van der Waals surface area contributed by atoms with E-state index in [2.05, 4.69) is 21.2 Å². The summed E-state index contributed by atoms with van der Waals surface area (Å²) in [6.45, 7) is 1.84. The molecule has 0 aliphatic heterocycles. The van der Waals surface area contributed by atoms with Gasteiger partial charge in [-0.25, -0.2) is 4.79 Å². The van der Waals surface area contributed by atoms with Crippen molar-refractivity contribution in [3.8, 4) is 0 Å². The Balaban J connectivity index is 2.91. The van der Waals surface area contributed by atoms with E-state index >= 15 is 0 Å². The van der Waals surface area contributed by atoms with Crippen LogP contribution in [0.1, 0.15) is 18.6 Å². The molecule has 1 aromatic rings. The van der Waals surface area contributed by atoms with Crippen molar-refractivity contribution in [1.82, 2.24) is 5.32 Å². The summed E-state index contributed by atoms with van der Waals surface area (Å²) in [7, 11) is 0. The maximum Gasteiger partial charge on any atom is 0.331 e. The van der Waals surface area contributed by atoms with Gasteiger partial charge < -0.3 is 15.2 Å². The van der Waals surface area contributed by atoms with Crippen LogP contribution in [0.25, 0.3) is 0 Å². The van der Waals surface area contributed by atoms with Crippen LogP contribution in [0.3, 0.4) is 0 Å². The van der Waals surface area contributed by atoms with Crippen molar-refractivity contribution < 1.29 is 19.4 Å². The molecule has 0 saturated carbocycles. The summed E-state index contributed by atoms with van der Waals surface area (Å²) in [6.07, 6.45) is -0.797. The minimum atomic E-state index is -1.16. The van der Waals surface area contributed by atoms with Gasteiger partial charge in [-0.15, -0.1) is 0 Å². The molecule has 18 heavy (non-hydrogen) atoms. The molecule has 1 rings (SSSR count). The number of aliphatic hydroxyl groups excluding tert-OH is 1. The van der Waals surface area contributed by atoms with Gasteiger partial charge in [0.15, 0.2) is 6.04 Å². The molecule has 0 spiro atoms. The van der Waals surface area contributed by atoms with Crippen LogP contribution in [0.2, 0.25) is 0 Å². The quantitative estimate of drug-likeness (QED) is 0.610. The molecule has 0 fully saturated rings. The van der Waals surface area contributed by atoms with E-state index in [9.17, 15) is 14.7 Å². The highest BCUT2D eigenvalue weighted by Gasteiger charge is 2.28. The molecule has 2 N–H and O–H groups in total. The maximum absolute atomic E-state index is 11.6. The average Bonchev–Trinajstić information content (AvgIpc) is 2.35. The van der Waals surface area contributed by atoms with Crippen molar-refractivity contribution in [2.45, 2.75) is 19.1 Å². The van der Waals surface area contributed by atoms with Crippen LogP contribution in [0.15, 0.2) is 28.7 Å². The Hall–Kier alpha value is -1.40. The lowest BCUT2D eigenvalue weighted by Gasteiger charge is -2.21. The molecule has 98 valence electrons. The maximum atomic E-state index is 11.6. The van der Waals surface area contributed by atoms with Gasteiger partial charge in [-0.05, 0) is 24.6 Å². The normalized spacial score (nSPS) is 13.5. The van der Waals surface area contributed by atoms with Crippen LogP contribution < -0.4 is 5.32 Å². The number of aliphatic hydroxyl groups is 1. The molecule has 2 unspecified atom stereocenters. The summed E-state index contributed by atoms with van der Waals surface area (Å²) in [5.41, 5.74) is 0.511. The van der Waals surface area contributed by atoms with Gasteiger partial charge in [0.2, 0.25) is 6.41 Å². The van der Waals surface area contributed by atoms with Gasteiger partial charge in [-0.2, -0.15) is 0 Å². The number of amides is 1. The highest BCUT2D eigenvalue weighted by atomic mass is 79.9. The number of ether oxygens (including phenoxy) is 1. The van der Waals surface area contributed by atoms with Gasteiger partial charge in [0.25, 0.3) is 0 Å². The highest BCUT2D eigenvalue weighted by Crippen LogP contribution is 2.21. The zero-order chi connectivity index (χ0) is 13.5. The largest absolute Gasteiger partial charge is 0.464 e. The Kier molecular flexibility index (Phi) is 5.80. The van der Waals surface area contributed by atoms with Crippen molar-refractivity contribution >= 4 is 28.3 Å². The SMILES string of the molecule is CCOC(=O)C(NC=O)C(O)c1cccc(Br)c1. The lowest BCUT2D eigenvalue weighted by molar-refractivity contribution is -0.149. The van der Waals surface area contributed by atoms with Gasteiger partial charge in [0.1, 0.15) is 6.10 Å². The van der Waals surface area contributed by atoms with E-state index < -0.39 is 18.1 Å². The van der Waals surface area contributed by atoms with E-state index in [-0.39, 0.29) is 6.61 Å². The second-order valence-corrected chi connectivity index (χ2v) is 4.43. The van der Waals surface area contributed by atoms with E-state index in [0.29, 0.717) is 12.0 Å². The van der Waals surface area contributed by atoms with Gasteiger partial charge in [-0.3, -0.25) is 4.79 Å². The Labute approximate surface area is 113 Å². The Bertz CT molecular complexity index is 424. The van der Waals surface area contributed by atoms with E-state index in [0.717, 1.165) is 4.47 Å². The van der Waals surface area contributed by atoms with Gasteiger partial charge in [0.05, 0.1) is 6.61 Å². The third-order valence-electron chi connectivity index (χ3n) is 2.29. The number of nitrogens with one attached hydrogen (secondary N) is 1. The lowest BCUT2D eigenvalue weighted by Crippen LogP contribution is -2.42. The van der Waals surface area contributed by atoms with Gasteiger partial charge in [0, 0.05) is 4.47 Å². The monoisotopic (exact) mass is 315 g/mol. The summed E-state index contributed by atoms with van der Waals surface area (Å²) >= 11 is 3.27. The third kappa shape index (κ3) is 3.82. The standard InChI is InChI=1S/C12H14BrNO4/c1-2-18-12(17)10(14-7-15)11(16)8-4-3-5-9(13)6-8/h3-7,10-11,16H,2H2,1H3,(H,14,15). The first kappa shape index (κ1) is 14.7. The zero-order valence-electron chi connectivity index (χ0n) is 9.80. The second kappa shape index (κ2) is 7.13. The fourth-order valence-electron chi connectivity index (χ4n) is 1.48. The first-order chi connectivity index (χ1) is 8.60. The average molecular weight is 316 g/mol. The molecule has 0 saturated heterocycles. The smallest absolute Gasteiger partial charge is 0.331 e. The molecule has 1 amide bonds. The zero-order valence-corrected chi connectivity index (χ0v) is 11.4. The summed E-state index contributed by atoms with van der Waals surface area (Å²) in [4.78, 5) is 22.1. The third-order valence-corrected chi connectivity index (χ3v) is 2.79. The van der Waals surface area contributed by atoms with Crippen LogP contribution in [-0.2, 0) is 14.3 Å². The van der Waals surface area contributed by atoms with E-state index in [4.69, 9.17) is 4.74 Å². The van der Waals surface area contributed by atoms with Crippen LogP contribution in [-0.4, -0.2) is 30.1 Å². The lowest BCUT2D eigenvalue weighted by atomic mass is 10.0. The summed E-state index contributed by atoms with van der Waals surface area (Å²) in [5.74, 6) is -0.669. The van der Waals surface area contributed by atoms with Crippen molar-refractivity contribution in [2.24, 2.45) is 0 Å². The fraction of sp³-hybridized carbons (Fsp3) is 0.333. The van der Waals surface area contributed by atoms with Crippen LogP contribution in [0, 0.1) is 0 Å². The highest BCUT2D eigenvalue weighted by molar-refractivity contribution is 9.10. The predicted molar refractivity (Wildman–Crippen MR) is 68.7 cm³/mol. The second-order valence-electron chi connectivity index (χ2n) is 3.51. The number of halogens is 1. The van der Waals surface area contributed by atoms with Crippen molar-refractivity contribution in [1.29, 1.82) is 0 Å². The molecule has 0 heterocycles. The molecule has 0 radical (unpaired) electrons. The Morgan fingerprint density at radius 1 is 1.61 bits per heavy atom. The number of rotatable bonds is 6. The summed E-state index contributed by atoms with van der Waals surface area (Å²) in [5, 5.41) is 12.4. The van der Waals surface area contributed by atoms with Crippen LogP contribution in [0.4, 0.5) is 0 Å². The van der Waals surface area contributed by atoms with Crippen molar-refractivity contribution in [2.75, 3.05) is 6.61 Å². The number of hydrogen-bond acceptors (Lipinski definition) is 4. The molecule has 0 aromatic heterocycles. The van der Waals surface area contributed by atoms with E-state index in [1.54, 1.807) is 31.2 Å². The molecular weight excluding hydrogens is 302 g/mol. The number of carbonyl (C=O) groups is 2. The number of hydrogen-bond donors (Lipinski definition) is 2. The van der Waals surface area contributed by atoms with E-state index in [1.165, 1.54) is 0 Å². The number of benzene rings is 1. The van der Waals surface area contributed by atoms with Gasteiger partial charge >= 0.3 is 5.97 Å². The number of carbonyl (C=O) groups excluding carboxylic acids is 2. The Morgan fingerprint density at radius 2 is 2.33 bits per heavy atom. The first-order valence-electron chi connectivity index (χ1n) is 5.40.